The number of nitro groups is 1. The van der Waals surface area contributed by atoms with Gasteiger partial charge in [-0.15, -0.1) is 0 Å². The first-order valence-corrected chi connectivity index (χ1v) is 9.82. The number of nitrogens with one attached hydrogen (secondary N) is 1. The van der Waals surface area contributed by atoms with E-state index in [0.29, 0.717) is 12.4 Å². The Balaban J connectivity index is 1.72. The van der Waals surface area contributed by atoms with Gasteiger partial charge >= 0.3 is 5.69 Å². The van der Waals surface area contributed by atoms with Gasteiger partial charge in [-0.05, 0) is 35.4 Å². The first-order chi connectivity index (χ1) is 15.6. The van der Waals surface area contributed by atoms with Crippen LogP contribution in [0.25, 0.3) is 0 Å². The Bertz CT molecular complexity index is 1190. The molecule has 0 saturated carbocycles. The first kappa shape index (κ1) is 20.9. The minimum absolute atomic E-state index is 0.0679. The van der Waals surface area contributed by atoms with E-state index in [0.717, 1.165) is 11.1 Å². The molecule has 8 nitrogen and oxygen atoms in total. The highest BCUT2D eigenvalue weighted by Gasteiger charge is 2.28. The molecule has 2 heterocycles. The summed E-state index contributed by atoms with van der Waals surface area (Å²) in [6.07, 6.45) is 2.89. The molecule has 32 heavy (non-hydrogen) atoms. The molecule has 4 aromatic rings. The Kier molecular flexibility index (Phi) is 6.26. The van der Waals surface area contributed by atoms with E-state index in [1.54, 1.807) is 41.4 Å². The van der Waals surface area contributed by atoms with Crippen molar-refractivity contribution in [1.82, 2.24) is 15.0 Å². The average Bonchev–Trinajstić information content (AvgIpc) is 2.83. The van der Waals surface area contributed by atoms with E-state index < -0.39 is 4.92 Å². The van der Waals surface area contributed by atoms with Gasteiger partial charge in [0.05, 0.1) is 11.5 Å². The molecule has 0 aliphatic rings. The van der Waals surface area contributed by atoms with Gasteiger partial charge in [0.2, 0.25) is 11.6 Å². The van der Waals surface area contributed by atoms with Crippen molar-refractivity contribution in [3.63, 3.8) is 0 Å². The Morgan fingerprint density at radius 2 is 1.66 bits per heavy atom. The third-order valence-corrected chi connectivity index (χ3v) is 4.72. The quantitative estimate of drug-likeness (QED) is 0.315. The van der Waals surface area contributed by atoms with Crippen molar-refractivity contribution in [2.75, 3.05) is 10.2 Å². The number of benzene rings is 2. The lowest BCUT2D eigenvalue weighted by Crippen LogP contribution is -2.21. The zero-order valence-corrected chi connectivity index (χ0v) is 16.9. The number of nitrogens with zero attached hydrogens (tertiary/aromatic N) is 5. The third-order valence-electron chi connectivity index (χ3n) is 4.72. The highest BCUT2D eigenvalue weighted by Crippen LogP contribution is 2.36. The van der Waals surface area contributed by atoms with Crippen LogP contribution in [0.3, 0.4) is 0 Å². The van der Waals surface area contributed by atoms with Gasteiger partial charge in [0.15, 0.2) is 0 Å². The van der Waals surface area contributed by atoms with Crippen LogP contribution in [-0.2, 0) is 13.1 Å². The molecular formula is C23H19FN6O2. The maximum Gasteiger partial charge on any atom is 0.353 e. The standard InChI is InChI=1S/C23H19FN6O2/c24-19-11-9-17(10-12-19)14-26-22-21(30(31)32)23(28-16-27-22)29(20-8-4-5-13-25-20)15-18-6-2-1-3-7-18/h1-13,16H,14-15H2,(H,26,27,28). The van der Waals surface area contributed by atoms with Gasteiger partial charge in [-0.25, -0.2) is 19.3 Å². The highest BCUT2D eigenvalue weighted by atomic mass is 19.1. The molecule has 0 aliphatic carbocycles. The first-order valence-electron chi connectivity index (χ1n) is 9.82. The van der Waals surface area contributed by atoms with Gasteiger partial charge in [-0.3, -0.25) is 10.1 Å². The van der Waals surface area contributed by atoms with E-state index in [1.807, 2.05) is 30.3 Å². The largest absolute Gasteiger partial charge is 0.360 e. The van der Waals surface area contributed by atoms with Crippen molar-refractivity contribution < 1.29 is 9.31 Å². The van der Waals surface area contributed by atoms with Crippen LogP contribution in [0.15, 0.2) is 85.3 Å². The molecule has 9 heteroatoms. The second-order valence-electron chi connectivity index (χ2n) is 6.89. The Hall–Kier alpha value is -4.40. The molecule has 0 amide bonds. The SMILES string of the molecule is O=[N+]([O-])c1c(NCc2ccc(F)cc2)ncnc1N(Cc1ccccc1)c1ccccn1. The van der Waals surface area contributed by atoms with Gasteiger partial charge < -0.3 is 10.2 Å². The molecule has 160 valence electrons. The fourth-order valence-electron chi connectivity index (χ4n) is 3.20. The van der Waals surface area contributed by atoms with E-state index in [4.69, 9.17) is 0 Å². The van der Waals surface area contributed by atoms with Crippen molar-refractivity contribution in [3.8, 4) is 0 Å². The van der Waals surface area contributed by atoms with Gasteiger partial charge in [-0.1, -0.05) is 48.5 Å². The average molecular weight is 430 g/mol. The van der Waals surface area contributed by atoms with E-state index in [9.17, 15) is 14.5 Å². The number of hydrogen-bond donors (Lipinski definition) is 1. The maximum absolute atomic E-state index is 13.2. The summed E-state index contributed by atoms with van der Waals surface area (Å²) in [6.45, 7) is 0.562. The summed E-state index contributed by atoms with van der Waals surface area (Å²) < 4.78 is 13.2. The van der Waals surface area contributed by atoms with Gasteiger partial charge in [-0.2, -0.15) is 0 Å². The van der Waals surface area contributed by atoms with Gasteiger partial charge in [0.25, 0.3) is 0 Å². The molecule has 1 N–H and O–H groups in total. The fourth-order valence-corrected chi connectivity index (χ4v) is 3.20. The Morgan fingerprint density at radius 1 is 0.906 bits per heavy atom. The minimum atomic E-state index is -0.511. The second kappa shape index (κ2) is 9.61. The summed E-state index contributed by atoms with van der Waals surface area (Å²) in [6, 6.07) is 20.8. The fraction of sp³-hybridized carbons (Fsp3) is 0.0870. The molecule has 0 radical (unpaired) electrons. The van der Waals surface area contributed by atoms with Crippen molar-refractivity contribution in [3.05, 3.63) is 112 Å². The zero-order valence-electron chi connectivity index (χ0n) is 16.9. The number of aromatic nitrogens is 3. The lowest BCUT2D eigenvalue weighted by molar-refractivity contribution is -0.383. The molecular weight excluding hydrogens is 411 g/mol. The monoisotopic (exact) mass is 430 g/mol. The van der Waals surface area contributed by atoms with E-state index in [-0.39, 0.29) is 29.7 Å². The van der Waals surface area contributed by atoms with E-state index in [2.05, 4.69) is 20.3 Å². The topological polar surface area (TPSA) is 97.1 Å². The predicted molar refractivity (Wildman–Crippen MR) is 119 cm³/mol. The number of pyridine rings is 1. The van der Waals surface area contributed by atoms with E-state index >= 15 is 0 Å². The summed E-state index contributed by atoms with van der Waals surface area (Å²) in [5.74, 6) is 0.353. The number of hydrogen-bond acceptors (Lipinski definition) is 7. The lowest BCUT2D eigenvalue weighted by Gasteiger charge is -2.23. The van der Waals surface area contributed by atoms with Crippen LogP contribution < -0.4 is 10.2 Å². The highest BCUT2D eigenvalue weighted by molar-refractivity contribution is 5.74. The second-order valence-corrected chi connectivity index (χ2v) is 6.89. The molecule has 0 bridgehead atoms. The molecule has 0 saturated heterocycles. The van der Waals surface area contributed by atoms with Gasteiger partial charge in [0.1, 0.15) is 18.0 Å². The summed E-state index contributed by atoms with van der Waals surface area (Å²) >= 11 is 0. The molecule has 2 aromatic carbocycles. The van der Waals surface area contributed by atoms with Gasteiger partial charge in [0, 0.05) is 12.7 Å². The van der Waals surface area contributed by atoms with Crippen LogP contribution in [0.4, 0.5) is 27.5 Å². The molecule has 4 rings (SSSR count). The molecule has 0 spiro atoms. The Morgan fingerprint density at radius 3 is 2.34 bits per heavy atom. The van der Waals surface area contributed by atoms with Crippen LogP contribution in [0.1, 0.15) is 11.1 Å². The molecule has 0 atom stereocenters. The van der Waals surface area contributed by atoms with Crippen molar-refractivity contribution >= 4 is 23.1 Å². The zero-order chi connectivity index (χ0) is 22.3. The van der Waals surface area contributed by atoms with Crippen molar-refractivity contribution in [1.29, 1.82) is 0 Å². The normalized spacial score (nSPS) is 10.5. The van der Waals surface area contributed by atoms with Crippen molar-refractivity contribution in [2.45, 2.75) is 13.1 Å². The number of anilines is 3. The lowest BCUT2D eigenvalue weighted by atomic mass is 10.2. The summed E-state index contributed by atoms with van der Waals surface area (Å²) in [4.78, 5) is 25.9. The molecule has 0 aliphatic heterocycles. The molecule has 0 unspecified atom stereocenters. The predicted octanol–water partition coefficient (Wildman–Crippen LogP) is 4.87. The summed E-state index contributed by atoms with van der Waals surface area (Å²) in [5, 5.41) is 15.1. The van der Waals surface area contributed by atoms with Crippen molar-refractivity contribution in [2.24, 2.45) is 0 Å². The van der Waals surface area contributed by atoms with Crippen LogP contribution >= 0.6 is 0 Å². The molecule has 0 fully saturated rings. The summed E-state index contributed by atoms with van der Waals surface area (Å²) in [5.41, 5.74) is 1.43. The third kappa shape index (κ3) is 4.84. The van der Waals surface area contributed by atoms with Crippen LogP contribution in [0, 0.1) is 15.9 Å². The summed E-state index contributed by atoms with van der Waals surface area (Å²) in [7, 11) is 0. The van der Waals surface area contributed by atoms with Crippen LogP contribution in [-0.4, -0.2) is 19.9 Å². The number of halogens is 1. The maximum atomic E-state index is 13.2. The smallest absolute Gasteiger partial charge is 0.353 e. The van der Waals surface area contributed by atoms with Crippen LogP contribution in [0.2, 0.25) is 0 Å². The number of rotatable bonds is 8. The van der Waals surface area contributed by atoms with E-state index in [1.165, 1.54) is 18.5 Å². The Labute approximate surface area is 183 Å². The van der Waals surface area contributed by atoms with Crippen LogP contribution in [0.5, 0.6) is 0 Å². The molecule has 2 aromatic heterocycles. The minimum Gasteiger partial charge on any atom is -0.360 e.